The Hall–Kier alpha value is -1.65. The van der Waals surface area contributed by atoms with Gasteiger partial charge in [0.2, 0.25) is 5.91 Å². The van der Waals surface area contributed by atoms with E-state index in [1.54, 1.807) is 14.0 Å². The standard InChI is InChI=1S/C16H22N2O2/c1-16(17,14-6-4-3-5-7-14)15(19)18-10-8-13(9-11-18)12-20-2/h3-8H,9-12,17H2,1-2H3. The molecule has 1 amide bonds. The van der Waals surface area contributed by atoms with Crippen LogP contribution in [0.15, 0.2) is 42.0 Å². The molecule has 1 heterocycles. The van der Waals surface area contributed by atoms with E-state index in [1.807, 2.05) is 35.2 Å². The normalized spacial score (nSPS) is 18.4. The summed E-state index contributed by atoms with van der Waals surface area (Å²) >= 11 is 0. The summed E-state index contributed by atoms with van der Waals surface area (Å²) in [5.41, 5.74) is 7.38. The molecule has 0 aromatic heterocycles. The molecule has 1 aromatic carbocycles. The van der Waals surface area contributed by atoms with Crippen LogP contribution in [0.2, 0.25) is 0 Å². The maximum atomic E-state index is 12.6. The summed E-state index contributed by atoms with van der Waals surface area (Å²) in [6.07, 6.45) is 2.91. The molecule has 2 rings (SSSR count). The number of methoxy groups -OCH3 is 1. The number of benzene rings is 1. The molecule has 1 aliphatic heterocycles. The molecule has 4 heteroatoms. The molecule has 0 saturated heterocycles. The minimum Gasteiger partial charge on any atom is -0.380 e. The lowest BCUT2D eigenvalue weighted by atomic mass is 9.91. The maximum Gasteiger partial charge on any atom is 0.247 e. The average Bonchev–Trinajstić information content (AvgIpc) is 2.48. The summed E-state index contributed by atoms with van der Waals surface area (Å²) in [6, 6.07) is 9.52. The zero-order valence-corrected chi connectivity index (χ0v) is 12.1. The molecule has 0 fully saturated rings. The summed E-state index contributed by atoms with van der Waals surface area (Å²) < 4.78 is 5.12. The highest BCUT2D eigenvalue weighted by atomic mass is 16.5. The highest BCUT2D eigenvalue weighted by Crippen LogP contribution is 2.22. The number of carbonyl (C=O) groups excluding carboxylic acids is 1. The van der Waals surface area contributed by atoms with E-state index >= 15 is 0 Å². The fourth-order valence-corrected chi connectivity index (χ4v) is 2.45. The van der Waals surface area contributed by atoms with Gasteiger partial charge in [0.05, 0.1) is 6.61 Å². The van der Waals surface area contributed by atoms with Gasteiger partial charge in [-0.1, -0.05) is 36.4 Å². The van der Waals surface area contributed by atoms with Crippen molar-refractivity contribution in [2.75, 3.05) is 26.8 Å². The third kappa shape index (κ3) is 3.08. The Morgan fingerprint density at radius 3 is 2.65 bits per heavy atom. The van der Waals surface area contributed by atoms with Crippen LogP contribution >= 0.6 is 0 Å². The molecule has 1 aromatic rings. The third-order valence-electron chi connectivity index (χ3n) is 3.74. The lowest BCUT2D eigenvalue weighted by molar-refractivity contribution is -0.136. The zero-order valence-electron chi connectivity index (χ0n) is 12.1. The van der Waals surface area contributed by atoms with Gasteiger partial charge >= 0.3 is 0 Å². The highest BCUT2D eigenvalue weighted by molar-refractivity contribution is 5.87. The Morgan fingerprint density at radius 2 is 2.10 bits per heavy atom. The Morgan fingerprint density at radius 1 is 1.40 bits per heavy atom. The second-order valence-corrected chi connectivity index (χ2v) is 5.36. The van der Waals surface area contributed by atoms with E-state index in [2.05, 4.69) is 6.08 Å². The molecule has 0 saturated carbocycles. The van der Waals surface area contributed by atoms with Gasteiger partial charge in [-0.2, -0.15) is 0 Å². The number of hydrogen-bond donors (Lipinski definition) is 1. The Bertz CT molecular complexity index is 494. The Balaban J connectivity index is 2.09. The number of nitrogens with zero attached hydrogens (tertiary/aromatic N) is 1. The minimum absolute atomic E-state index is 0.0311. The van der Waals surface area contributed by atoms with Crippen LogP contribution in [0.25, 0.3) is 0 Å². The molecule has 1 unspecified atom stereocenters. The average molecular weight is 274 g/mol. The van der Waals surface area contributed by atoms with Crippen LogP contribution in [0, 0.1) is 0 Å². The van der Waals surface area contributed by atoms with E-state index < -0.39 is 5.54 Å². The Labute approximate surface area is 120 Å². The number of hydrogen-bond acceptors (Lipinski definition) is 3. The summed E-state index contributed by atoms with van der Waals surface area (Å²) in [5.74, 6) is -0.0311. The van der Waals surface area contributed by atoms with Crippen molar-refractivity contribution in [3.05, 3.63) is 47.5 Å². The van der Waals surface area contributed by atoms with Gasteiger partial charge in [-0.3, -0.25) is 4.79 Å². The van der Waals surface area contributed by atoms with Crippen LogP contribution in [-0.4, -0.2) is 37.6 Å². The molecule has 4 nitrogen and oxygen atoms in total. The van der Waals surface area contributed by atoms with Crippen LogP contribution in [0.1, 0.15) is 18.9 Å². The van der Waals surface area contributed by atoms with Crippen molar-refractivity contribution in [3.8, 4) is 0 Å². The first-order valence-corrected chi connectivity index (χ1v) is 6.86. The second-order valence-electron chi connectivity index (χ2n) is 5.36. The molecule has 2 N–H and O–H groups in total. The van der Waals surface area contributed by atoms with Crippen molar-refractivity contribution in [1.29, 1.82) is 0 Å². The maximum absolute atomic E-state index is 12.6. The van der Waals surface area contributed by atoms with Gasteiger partial charge in [0, 0.05) is 20.2 Å². The fraction of sp³-hybridized carbons (Fsp3) is 0.438. The van der Waals surface area contributed by atoms with Crippen LogP contribution in [-0.2, 0) is 15.1 Å². The molecule has 1 aliphatic rings. The predicted molar refractivity (Wildman–Crippen MR) is 79.1 cm³/mol. The van der Waals surface area contributed by atoms with Gasteiger partial charge in [0.25, 0.3) is 0 Å². The molecule has 108 valence electrons. The first-order valence-electron chi connectivity index (χ1n) is 6.86. The molecular formula is C16H22N2O2. The predicted octanol–water partition coefficient (Wildman–Crippen LogP) is 1.67. The number of nitrogens with two attached hydrogens (primary N) is 1. The summed E-state index contributed by atoms with van der Waals surface area (Å²) in [5, 5.41) is 0. The van der Waals surface area contributed by atoms with Crippen LogP contribution in [0.5, 0.6) is 0 Å². The van der Waals surface area contributed by atoms with Gasteiger partial charge in [-0.25, -0.2) is 0 Å². The lowest BCUT2D eigenvalue weighted by Crippen LogP contribution is -2.52. The smallest absolute Gasteiger partial charge is 0.247 e. The van der Waals surface area contributed by atoms with Gasteiger partial charge in [0.15, 0.2) is 0 Å². The van der Waals surface area contributed by atoms with E-state index in [4.69, 9.17) is 10.5 Å². The lowest BCUT2D eigenvalue weighted by Gasteiger charge is -2.34. The molecule has 0 aliphatic carbocycles. The van der Waals surface area contributed by atoms with Gasteiger partial charge in [-0.05, 0) is 24.5 Å². The molecule has 0 radical (unpaired) electrons. The van der Waals surface area contributed by atoms with Gasteiger partial charge < -0.3 is 15.4 Å². The number of carbonyl (C=O) groups is 1. The van der Waals surface area contributed by atoms with E-state index in [-0.39, 0.29) is 5.91 Å². The van der Waals surface area contributed by atoms with Crippen molar-refractivity contribution in [3.63, 3.8) is 0 Å². The van der Waals surface area contributed by atoms with Crippen molar-refractivity contribution in [2.24, 2.45) is 5.73 Å². The third-order valence-corrected chi connectivity index (χ3v) is 3.74. The number of amides is 1. The van der Waals surface area contributed by atoms with Crippen molar-refractivity contribution < 1.29 is 9.53 Å². The van der Waals surface area contributed by atoms with Crippen LogP contribution in [0.3, 0.4) is 0 Å². The zero-order chi connectivity index (χ0) is 14.6. The van der Waals surface area contributed by atoms with Gasteiger partial charge in [-0.15, -0.1) is 0 Å². The number of rotatable bonds is 4. The monoisotopic (exact) mass is 274 g/mol. The SMILES string of the molecule is COCC1=CCN(C(=O)C(C)(N)c2ccccc2)CC1. The molecule has 1 atom stereocenters. The Kier molecular flexibility index (Phi) is 4.57. The van der Waals surface area contributed by atoms with Crippen LogP contribution in [0.4, 0.5) is 0 Å². The first-order chi connectivity index (χ1) is 9.55. The minimum atomic E-state index is -0.978. The topological polar surface area (TPSA) is 55.6 Å². The second kappa shape index (κ2) is 6.20. The van der Waals surface area contributed by atoms with E-state index in [0.717, 1.165) is 12.0 Å². The van der Waals surface area contributed by atoms with Crippen molar-refractivity contribution >= 4 is 5.91 Å². The fourth-order valence-electron chi connectivity index (χ4n) is 2.45. The molecular weight excluding hydrogens is 252 g/mol. The largest absolute Gasteiger partial charge is 0.380 e. The van der Waals surface area contributed by atoms with E-state index in [9.17, 15) is 4.79 Å². The van der Waals surface area contributed by atoms with E-state index in [0.29, 0.717) is 19.7 Å². The highest BCUT2D eigenvalue weighted by Gasteiger charge is 2.34. The molecule has 0 spiro atoms. The molecule has 0 bridgehead atoms. The molecule has 20 heavy (non-hydrogen) atoms. The van der Waals surface area contributed by atoms with Gasteiger partial charge in [0.1, 0.15) is 5.54 Å². The van der Waals surface area contributed by atoms with E-state index in [1.165, 1.54) is 5.57 Å². The number of ether oxygens (including phenoxy) is 1. The first kappa shape index (κ1) is 14.8. The van der Waals surface area contributed by atoms with Crippen molar-refractivity contribution in [2.45, 2.75) is 18.9 Å². The van der Waals surface area contributed by atoms with Crippen LogP contribution < -0.4 is 5.73 Å². The van der Waals surface area contributed by atoms with Crippen molar-refractivity contribution in [1.82, 2.24) is 4.90 Å². The summed E-state index contributed by atoms with van der Waals surface area (Å²) in [4.78, 5) is 14.4. The summed E-state index contributed by atoms with van der Waals surface area (Å²) in [7, 11) is 1.69. The summed E-state index contributed by atoms with van der Waals surface area (Å²) in [6.45, 7) is 3.73. The quantitative estimate of drug-likeness (QED) is 0.850.